The van der Waals surface area contributed by atoms with Crippen molar-refractivity contribution >= 4 is 0 Å². The Morgan fingerprint density at radius 1 is 1.50 bits per heavy atom. The first-order chi connectivity index (χ1) is 10.6. The number of rotatable bonds is 7. The zero-order valence-corrected chi connectivity index (χ0v) is 14.5. The summed E-state index contributed by atoms with van der Waals surface area (Å²) in [6.07, 6.45) is 9.87. The molecule has 3 heteroatoms. The molecule has 1 aliphatic heterocycles. The van der Waals surface area contributed by atoms with E-state index in [1.54, 1.807) is 0 Å². The lowest BCUT2D eigenvalue weighted by atomic mass is 9.94. The van der Waals surface area contributed by atoms with E-state index in [2.05, 4.69) is 55.2 Å². The van der Waals surface area contributed by atoms with Gasteiger partial charge in [0.15, 0.2) is 0 Å². The maximum absolute atomic E-state index is 4.30. The van der Waals surface area contributed by atoms with Crippen LogP contribution >= 0.6 is 0 Å². The molecule has 122 valence electrons. The summed E-state index contributed by atoms with van der Waals surface area (Å²) in [6, 6.07) is 5.35. The molecule has 0 amide bonds. The first-order valence-electron chi connectivity index (χ1n) is 8.55. The molecule has 1 aliphatic rings. The van der Waals surface area contributed by atoms with Crippen LogP contribution in [-0.4, -0.2) is 36.1 Å². The van der Waals surface area contributed by atoms with Crippen LogP contribution in [0.5, 0.6) is 0 Å². The Balaban J connectivity index is 1.85. The van der Waals surface area contributed by atoms with Gasteiger partial charge in [0.2, 0.25) is 0 Å². The minimum atomic E-state index is 0.506. The van der Waals surface area contributed by atoms with Crippen molar-refractivity contribution in [1.82, 2.24) is 15.2 Å². The average molecular weight is 301 g/mol. The van der Waals surface area contributed by atoms with E-state index in [1.807, 2.05) is 18.5 Å². The van der Waals surface area contributed by atoms with Crippen LogP contribution in [0.3, 0.4) is 0 Å². The Bertz CT molecular complexity index is 465. The zero-order valence-electron chi connectivity index (χ0n) is 14.5. The fraction of sp³-hybridized carbons (Fsp3) is 0.632. The first-order valence-corrected chi connectivity index (χ1v) is 8.55. The Morgan fingerprint density at radius 3 is 3.00 bits per heavy atom. The molecule has 0 bridgehead atoms. The minimum absolute atomic E-state index is 0.506. The fourth-order valence-corrected chi connectivity index (χ4v) is 3.39. The van der Waals surface area contributed by atoms with E-state index >= 15 is 0 Å². The third-order valence-electron chi connectivity index (χ3n) is 4.68. The van der Waals surface area contributed by atoms with Gasteiger partial charge in [-0.1, -0.05) is 17.7 Å². The highest BCUT2D eigenvalue weighted by Gasteiger charge is 2.32. The smallest absolute Gasteiger partial charge is 0.0401 e. The minimum Gasteiger partial charge on any atom is -0.314 e. The summed E-state index contributed by atoms with van der Waals surface area (Å²) < 4.78 is 0. The molecule has 3 nitrogen and oxygen atoms in total. The molecule has 1 aromatic rings. The zero-order chi connectivity index (χ0) is 15.9. The Morgan fingerprint density at radius 2 is 2.32 bits per heavy atom. The molecule has 0 radical (unpaired) electrons. The maximum Gasteiger partial charge on any atom is 0.0401 e. The molecular weight excluding hydrogens is 270 g/mol. The van der Waals surface area contributed by atoms with Gasteiger partial charge < -0.3 is 5.32 Å². The summed E-state index contributed by atoms with van der Waals surface area (Å²) in [6.45, 7) is 8.92. The quantitative estimate of drug-likeness (QED) is 0.777. The maximum atomic E-state index is 4.30. The van der Waals surface area contributed by atoms with E-state index in [9.17, 15) is 0 Å². The monoisotopic (exact) mass is 301 g/mol. The molecule has 1 N–H and O–H groups in total. The van der Waals surface area contributed by atoms with Crippen LogP contribution in [0.25, 0.3) is 0 Å². The highest BCUT2D eigenvalue weighted by molar-refractivity contribution is 5.17. The van der Waals surface area contributed by atoms with Gasteiger partial charge in [-0.2, -0.15) is 0 Å². The predicted molar refractivity (Wildman–Crippen MR) is 93.8 cm³/mol. The molecule has 2 heterocycles. The summed E-state index contributed by atoms with van der Waals surface area (Å²) >= 11 is 0. The second-order valence-electron chi connectivity index (χ2n) is 6.93. The topological polar surface area (TPSA) is 28.2 Å². The molecule has 1 fully saturated rings. The summed E-state index contributed by atoms with van der Waals surface area (Å²) in [5.74, 6) is 0.681. The Kier molecular flexibility index (Phi) is 6.59. The van der Waals surface area contributed by atoms with E-state index in [-0.39, 0.29) is 0 Å². The summed E-state index contributed by atoms with van der Waals surface area (Å²) in [7, 11) is 2.23. The van der Waals surface area contributed by atoms with Gasteiger partial charge in [-0.25, -0.2) is 0 Å². The predicted octanol–water partition coefficient (Wildman–Crippen LogP) is 3.80. The van der Waals surface area contributed by atoms with Crippen LogP contribution in [0.4, 0.5) is 0 Å². The molecule has 1 saturated heterocycles. The lowest BCUT2D eigenvalue weighted by Crippen LogP contribution is -2.33. The summed E-state index contributed by atoms with van der Waals surface area (Å²) in [4.78, 5) is 6.77. The molecular formula is C19H31N3. The van der Waals surface area contributed by atoms with E-state index in [0.29, 0.717) is 18.0 Å². The van der Waals surface area contributed by atoms with Gasteiger partial charge in [0.1, 0.15) is 0 Å². The standard InChI is InChI=1S/C19H31N3/c1-15(2)7-5-8-16(3)21-14-18-10-12-22(4)19(18)17-9-6-11-20-13-17/h6-7,9,11,13,16,18-19,21H,5,8,10,12,14H2,1-4H3/t16?,18-,19-/m0/s1. The van der Waals surface area contributed by atoms with Crippen LogP contribution < -0.4 is 5.32 Å². The normalized spacial score (nSPS) is 23.5. The van der Waals surface area contributed by atoms with Crippen molar-refractivity contribution in [3.63, 3.8) is 0 Å². The van der Waals surface area contributed by atoms with E-state index < -0.39 is 0 Å². The van der Waals surface area contributed by atoms with Crippen molar-refractivity contribution in [3.8, 4) is 0 Å². The molecule has 0 spiro atoms. The Hall–Kier alpha value is -1.19. The molecule has 3 atom stereocenters. The second-order valence-corrected chi connectivity index (χ2v) is 6.93. The third-order valence-corrected chi connectivity index (χ3v) is 4.68. The van der Waals surface area contributed by atoms with Gasteiger partial charge >= 0.3 is 0 Å². The highest BCUT2D eigenvalue weighted by Crippen LogP contribution is 2.35. The number of pyridine rings is 1. The van der Waals surface area contributed by atoms with Gasteiger partial charge in [-0.3, -0.25) is 9.88 Å². The lowest BCUT2D eigenvalue weighted by Gasteiger charge is -2.26. The lowest BCUT2D eigenvalue weighted by molar-refractivity contribution is 0.267. The van der Waals surface area contributed by atoms with Crippen LogP contribution in [0.1, 0.15) is 51.6 Å². The molecule has 22 heavy (non-hydrogen) atoms. The fourth-order valence-electron chi connectivity index (χ4n) is 3.39. The third kappa shape index (κ3) is 4.92. The molecule has 1 aromatic heterocycles. The van der Waals surface area contributed by atoms with Gasteiger partial charge in [-0.05, 0) is 71.2 Å². The molecule has 0 aromatic carbocycles. The van der Waals surface area contributed by atoms with Gasteiger partial charge in [0.05, 0.1) is 0 Å². The van der Waals surface area contributed by atoms with Crippen LogP contribution in [0.2, 0.25) is 0 Å². The van der Waals surface area contributed by atoms with Crippen LogP contribution in [0, 0.1) is 5.92 Å². The van der Waals surface area contributed by atoms with Crippen LogP contribution in [-0.2, 0) is 0 Å². The van der Waals surface area contributed by atoms with E-state index in [1.165, 1.54) is 36.9 Å². The number of hydrogen-bond acceptors (Lipinski definition) is 3. The van der Waals surface area contributed by atoms with Crippen molar-refractivity contribution in [3.05, 3.63) is 41.7 Å². The van der Waals surface area contributed by atoms with E-state index in [0.717, 1.165) is 6.54 Å². The van der Waals surface area contributed by atoms with Crippen molar-refractivity contribution in [2.75, 3.05) is 20.1 Å². The van der Waals surface area contributed by atoms with Gasteiger partial charge in [0, 0.05) is 31.0 Å². The first kappa shape index (κ1) is 17.2. The van der Waals surface area contributed by atoms with Crippen molar-refractivity contribution < 1.29 is 0 Å². The van der Waals surface area contributed by atoms with Crippen LogP contribution in [0.15, 0.2) is 36.2 Å². The van der Waals surface area contributed by atoms with Crippen molar-refractivity contribution in [1.29, 1.82) is 0 Å². The number of likely N-dealkylation sites (tertiary alicyclic amines) is 1. The number of hydrogen-bond donors (Lipinski definition) is 1. The largest absolute Gasteiger partial charge is 0.314 e. The van der Waals surface area contributed by atoms with Crippen molar-refractivity contribution in [2.24, 2.45) is 5.92 Å². The SMILES string of the molecule is CC(C)=CCCC(C)NC[C@@H]1CCN(C)[C@H]1c1cccnc1. The molecule has 0 aliphatic carbocycles. The molecule has 1 unspecified atom stereocenters. The van der Waals surface area contributed by atoms with Gasteiger partial charge in [-0.15, -0.1) is 0 Å². The summed E-state index contributed by atoms with van der Waals surface area (Å²) in [5.41, 5.74) is 2.77. The summed E-state index contributed by atoms with van der Waals surface area (Å²) in [5, 5.41) is 3.74. The average Bonchev–Trinajstić information content (AvgIpc) is 2.86. The van der Waals surface area contributed by atoms with E-state index in [4.69, 9.17) is 0 Å². The number of nitrogens with zero attached hydrogens (tertiary/aromatic N) is 2. The highest BCUT2D eigenvalue weighted by atomic mass is 15.2. The second kappa shape index (κ2) is 8.44. The molecule has 2 rings (SSSR count). The van der Waals surface area contributed by atoms with Crippen molar-refractivity contribution in [2.45, 2.75) is 52.1 Å². The number of aromatic nitrogens is 1. The number of allylic oxidation sites excluding steroid dienone is 2. The Labute approximate surface area is 135 Å². The van der Waals surface area contributed by atoms with Gasteiger partial charge in [0.25, 0.3) is 0 Å². The number of nitrogens with one attached hydrogen (secondary N) is 1. The molecule has 0 saturated carbocycles.